The van der Waals surface area contributed by atoms with Gasteiger partial charge in [-0.1, -0.05) is 18.2 Å². The van der Waals surface area contributed by atoms with Gasteiger partial charge in [0.05, 0.1) is 24.8 Å². The molecule has 0 bridgehead atoms. The first-order chi connectivity index (χ1) is 8.22. The molecule has 1 aromatic heterocycles. The van der Waals surface area contributed by atoms with Gasteiger partial charge < -0.3 is 14.4 Å². The quantitative estimate of drug-likeness (QED) is 0.874. The third-order valence-electron chi connectivity index (χ3n) is 2.74. The Bertz CT molecular complexity index is 506. The summed E-state index contributed by atoms with van der Waals surface area (Å²) in [7, 11) is 1.93. The SMILES string of the molecule is Cc1cccc(CO)c1OCc1cncn1C. The second-order valence-corrected chi connectivity index (χ2v) is 4.01. The molecule has 0 radical (unpaired) electrons. The number of aliphatic hydroxyl groups excluding tert-OH is 1. The Labute approximate surface area is 100 Å². The van der Waals surface area contributed by atoms with E-state index in [4.69, 9.17) is 4.74 Å². The van der Waals surface area contributed by atoms with E-state index in [1.165, 1.54) is 0 Å². The average molecular weight is 232 g/mol. The molecule has 90 valence electrons. The zero-order valence-electron chi connectivity index (χ0n) is 10.1. The Morgan fingerprint density at radius 1 is 1.41 bits per heavy atom. The van der Waals surface area contributed by atoms with Crippen LogP contribution in [0.4, 0.5) is 0 Å². The number of para-hydroxylation sites is 1. The van der Waals surface area contributed by atoms with Crippen molar-refractivity contribution in [3.63, 3.8) is 0 Å². The summed E-state index contributed by atoms with van der Waals surface area (Å²) in [4.78, 5) is 4.03. The minimum absolute atomic E-state index is 0.0115. The number of nitrogens with zero attached hydrogens (tertiary/aromatic N) is 2. The van der Waals surface area contributed by atoms with E-state index in [1.54, 1.807) is 12.5 Å². The highest BCUT2D eigenvalue weighted by Crippen LogP contribution is 2.24. The number of hydrogen-bond donors (Lipinski definition) is 1. The maximum atomic E-state index is 9.26. The Morgan fingerprint density at radius 3 is 2.88 bits per heavy atom. The largest absolute Gasteiger partial charge is 0.487 e. The van der Waals surface area contributed by atoms with Gasteiger partial charge in [0, 0.05) is 12.6 Å². The first-order valence-corrected chi connectivity index (χ1v) is 5.49. The fourth-order valence-corrected chi connectivity index (χ4v) is 1.71. The van der Waals surface area contributed by atoms with Crippen molar-refractivity contribution in [2.45, 2.75) is 20.1 Å². The average Bonchev–Trinajstić information content (AvgIpc) is 2.73. The molecular weight excluding hydrogens is 216 g/mol. The van der Waals surface area contributed by atoms with Crippen molar-refractivity contribution in [1.82, 2.24) is 9.55 Å². The van der Waals surface area contributed by atoms with Crippen LogP contribution in [-0.2, 0) is 20.3 Å². The Morgan fingerprint density at radius 2 is 2.24 bits per heavy atom. The zero-order valence-corrected chi connectivity index (χ0v) is 10.1. The molecule has 0 saturated heterocycles. The maximum Gasteiger partial charge on any atom is 0.130 e. The van der Waals surface area contributed by atoms with Crippen LogP contribution in [0.3, 0.4) is 0 Å². The number of aromatic nitrogens is 2. The van der Waals surface area contributed by atoms with Gasteiger partial charge in [-0.3, -0.25) is 0 Å². The number of rotatable bonds is 4. The smallest absolute Gasteiger partial charge is 0.130 e. The van der Waals surface area contributed by atoms with Gasteiger partial charge in [0.25, 0.3) is 0 Å². The summed E-state index contributed by atoms with van der Waals surface area (Å²) in [5, 5.41) is 9.26. The van der Waals surface area contributed by atoms with E-state index in [2.05, 4.69) is 4.98 Å². The fourth-order valence-electron chi connectivity index (χ4n) is 1.71. The molecule has 17 heavy (non-hydrogen) atoms. The molecule has 4 heteroatoms. The van der Waals surface area contributed by atoms with E-state index < -0.39 is 0 Å². The molecule has 1 aromatic carbocycles. The number of hydrogen-bond acceptors (Lipinski definition) is 3. The van der Waals surface area contributed by atoms with E-state index in [1.807, 2.05) is 36.7 Å². The summed E-state index contributed by atoms with van der Waals surface area (Å²) in [6, 6.07) is 5.75. The van der Waals surface area contributed by atoms with E-state index in [0.717, 1.165) is 22.6 Å². The molecular formula is C13H16N2O2. The lowest BCUT2D eigenvalue weighted by molar-refractivity contribution is 0.255. The zero-order chi connectivity index (χ0) is 12.3. The normalized spacial score (nSPS) is 10.5. The van der Waals surface area contributed by atoms with Crippen LogP contribution in [0, 0.1) is 6.92 Å². The van der Waals surface area contributed by atoms with E-state index in [9.17, 15) is 5.11 Å². The topological polar surface area (TPSA) is 47.3 Å². The van der Waals surface area contributed by atoms with Crippen LogP contribution < -0.4 is 4.74 Å². The third kappa shape index (κ3) is 2.47. The summed E-state index contributed by atoms with van der Waals surface area (Å²) in [5.74, 6) is 0.760. The van der Waals surface area contributed by atoms with Gasteiger partial charge in [0.15, 0.2) is 0 Å². The fraction of sp³-hybridized carbons (Fsp3) is 0.308. The molecule has 4 nitrogen and oxygen atoms in total. The van der Waals surface area contributed by atoms with Crippen molar-refractivity contribution in [2.75, 3.05) is 0 Å². The molecule has 2 rings (SSSR count). The molecule has 0 aliphatic rings. The van der Waals surface area contributed by atoms with Gasteiger partial charge in [0.1, 0.15) is 12.4 Å². The lowest BCUT2D eigenvalue weighted by atomic mass is 10.1. The third-order valence-corrected chi connectivity index (χ3v) is 2.74. The Hall–Kier alpha value is -1.81. The molecule has 1 N–H and O–H groups in total. The van der Waals surface area contributed by atoms with Crippen LogP contribution in [-0.4, -0.2) is 14.7 Å². The lowest BCUT2D eigenvalue weighted by Gasteiger charge is -2.12. The van der Waals surface area contributed by atoms with Crippen molar-refractivity contribution in [2.24, 2.45) is 7.05 Å². The van der Waals surface area contributed by atoms with Crippen molar-refractivity contribution < 1.29 is 9.84 Å². The molecule has 0 fully saturated rings. The van der Waals surface area contributed by atoms with Crippen molar-refractivity contribution in [1.29, 1.82) is 0 Å². The summed E-state index contributed by atoms with van der Waals surface area (Å²) >= 11 is 0. The van der Waals surface area contributed by atoms with Crippen molar-refractivity contribution >= 4 is 0 Å². The first-order valence-electron chi connectivity index (χ1n) is 5.49. The number of aryl methyl sites for hydroxylation is 2. The highest BCUT2D eigenvalue weighted by molar-refractivity contribution is 5.40. The molecule has 0 aliphatic heterocycles. The van der Waals surface area contributed by atoms with E-state index >= 15 is 0 Å². The number of ether oxygens (including phenoxy) is 1. The first kappa shape index (κ1) is 11.7. The number of benzene rings is 1. The lowest BCUT2D eigenvalue weighted by Crippen LogP contribution is -2.04. The molecule has 0 spiro atoms. The predicted molar refractivity (Wildman–Crippen MR) is 64.6 cm³/mol. The summed E-state index contributed by atoms with van der Waals surface area (Å²) in [5.41, 5.74) is 2.84. The van der Waals surface area contributed by atoms with Crippen LogP contribution in [0.5, 0.6) is 5.75 Å². The predicted octanol–water partition coefficient (Wildman–Crippen LogP) is 1.80. The molecule has 2 aromatic rings. The minimum atomic E-state index is -0.0115. The van der Waals surface area contributed by atoms with Gasteiger partial charge in [-0.2, -0.15) is 0 Å². The van der Waals surface area contributed by atoms with Gasteiger partial charge in [0.2, 0.25) is 0 Å². The second kappa shape index (κ2) is 5.01. The van der Waals surface area contributed by atoms with E-state index in [0.29, 0.717) is 6.61 Å². The molecule has 0 saturated carbocycles. The van der Waals surface area contributed by atoms with Crippen molar-refractivity contribution in [3.8, 4) is 5.75 Å². The van der Waals surface area contributed by atoms with Gasteiger partial charge in [-0.25, -0.2) is 4.98 Å². The second-order valence-electron chi connectivity index (χ2n) is 4.01. The van der Waals surface area contributed by atoms with Crippen LogP contribution in [0.25, 0.3) is 0 Å². The molecule has 1 heterocycles. The van der Waals surface area contributed by atoms with Crippen molar-refractivity contribution in [3.05, 3.63) is 47.5 Å². The van der Waals surface area contributed by atoms with Crippen LogP contribution in [0.1, 0.15) is 16.8 Å². The highest BCUT2D eigenvalue weighted by atomic mass is 16.5. The molecule has 0 amide bonds. The van der Waals surface area contributed by atoms with Gasteiger partial charge in [-0.05, 0) is 12.5 Å². The van der Waals surface area contributed by atoms with Crippen LogP contribution >= 0.6 is 0 Å². The summed E-state index contributed by atoms with van der Waals surface area (Å²) < 4.78 is 7.68. The number of aliphatic hydroxyl groups is 1. The highest BCUT2D eigenvalue weighted by Gasteiger charge is 2.07. The Balaban J connectivity index is 2.16. The van der Waals surface area contributed by atoms with Gasteiger partial charge in [-0.15, -0.1) is 0 Å². The molecule has 0 aliphatic carbocycles. The molecule has 0 atom stereocenters. The van der Waals surface area contributed by atoms with Gasteiger partial charge >= 0.3 is 0 Å². The minimum Gasteiger partial charge on any atom is -0.487 e. The number of imidazole rings is 1. The Kier molecular flexibility index (Phi) is 3.44. The van der Waals surface area contributed by atoms with Crippen LogP contribution in [0.15, 0.2) is 30.7 Å². The monoisotopic (exact) mass is 232 g/mol. The molecule has 0 unspecified atom stereocenters. The maximum absolute atomic E-state index is 9.26. The standard InChI is InChI=1S/C13H16N2O2/c1-10-4-3-5-11(7-16)13(10)17-8-12-6-14-9-15(12)2/h3-6,9,16H,7-8H2,1-2H3. The van der Waals surface area contributed by atoms with E-state index in [-0.39, 0.29) is 6.61 Å². The summed E-state index contributed by atoms with van der Waals surface area (Å²) in [6.45, 7) is 2.41. The summed E-state index contributed by atoms with van der Waals surface area (Å²) in [6.07, 6.45) is 3.51. The van der Waals surface area contributed by atoms with Crippen LogP contribution in [0.2, 0.25) is 0 Å².